The molecule has 2 atom stereocenters. The van der Waals surface area contributed by atoms with Crippen molar-refractivity contribution in [2.75, 3.05) is 0 Å². The van der Waals surface area contributed by atoms with Crippen LogP contribution in [0.1, 0.15) is 19.3 Å². The summed E-state index contributed by atoms with van der Waals surface area (Å²) in [5, 5.41) is 0. The molecule has 0 aliphatic heterocycles. The molecule has 0 heterocycles. The smallest absolute Gasteiger partial charge is 0.224 e. The SMILES string of the molecule is [C-]#[N+]C1CC2CC2C1. The average Bonchev–Trinajstić information content (AvgIpc) is 2.40. The first-order valence-corrected chi connectivity index (χ1v) is 3.26. The lowest BCUT2D eigenvalue weighted by molar-refractivity contribution is 0.686. The minimum atomic E-state index is 0.416. The second-order valence-electron chi connectivity index (χ2n) is 3.01. The number of hydrogen-bond donors (Lipinski definition) is 0. The summed E-state index contributed by atoms with van der Waals surface area (Å²) in [5.41, 5.74) is 0. The minimum absolute atomic E-state index is 0.416. The first-order chi connectivity index (χ1) is 3.90. The van der Waals surface area contributed by atoms with E-state index in [1.165, 1.54) is 19.3 Å². The maximum Gasteiger partial charge on any atom is 0.224 e. The van der Waals surface area contributed by atoms with Gasteiger partial charge in [-0.1, -0.05) is 0 Å². The van der Waals surface area contributed by atoms with Crippen molar-refractivity contribution in [2.24, 2.45) is 11.8 Å². The van der Waals surface area contributed by atoms with Crippen LogP contribution in [0.5, 0.6) is 0 Å². The lowest BCUT2D eigenvalue weighted by atomic mass is 10.2. The Bertz CT molecular complexity index is 135. The van der Waals surface area contributed by atoms with E-state index in [2.05, 4.69) is 4.85 Å². The molecule has 8 heavy (non-hydrogen) atoms. The second kappa shape index (κ2) is 1.25. The molecule has 0 aromatic heterocycles. The van der Waals surface area contributed by atoms with Gasteiger partial charge in [0, 0.05) is 12.8 Å². The molecule has 0 spiro atoms. The van der Waals surface area contributed by atoms with Gasteiger partial charge in [-0.2, -0.15) is 0 Å². The molecular formula is C7H9N. The van der Waals surface area contributed by atoms with Gasteiger partial charge >= 0.3 is 0 Å². The van der Waals surface area contributed by atoms with Gasteiger partial charge in [0.15, 0.2) is 0 Å². The quantitative estimate of drug-likeness (QED) is 0.415. The maximum atomic E-state index is 6.74. The Kier molecular flexibility index (Phi) is 0.686. The van der Waals surface area contributed by atoms with Crippen LogP contribution >= 0.6 is 0 Å². The zero-order valence-corrected chi connectivity index (χ0v) is 4.80. The molecule has 1 heteroatoms. The van der Waals surface area contributed by atoms with Crippen LogP contribution in [-0.4, -0.2) is 6.04 Å². The standard InChI is InChI=1S/C7H9N/c1-8-7-3-5-2-6(5)4-7/h5-7H,2-4H2. The molecule has 2 rings (SSSR count). The van der Waals surface area contributed by atoms with Crippen molar-refractivity contribution in [3.05, 3.63) is 11.4 Å². The van der Waals surface area contributed by atoms with E-state index in [9.17, 15) is 0 Å². The summed E-state index contributed by atoms with van der Waals surface area (Å²) in [7, 11) is 0. The van der Waals surface area contributed by atoms with Crippen molar-refractivity contribution in [3.8, 4) is 0 Å². The van der Waals surface area contributed by atoms with Crippen LogP contribution in [0.25, 0.3) is 4.85 Å². The van der Waals surface area contributed by atoms with Crippen molar-refractivity contribution in [1.82, 2.24) is 0 Å². The highest BCUT2D eigenvalue weighted by molar-refractivity contribution is 5.02. The maximum absolute atomic E-state index is 6.74. The van der Waals surface area contributed by atoms with Crippen molar-refractivity contribution in [1.29, 1.82) is 0 Å². The van der Waals surface area contributed by atoms with Crippen LogP contribution in [0.3, 0.4) is 0 Å². The highest BCUT2D eigenvalue weighted by Crippen LogP contribution is 2.52. The molecule has 0 saturated heterocycles. The first-order valence-electron chi connectivity index (χ1n) is 3.26. The molecule has 0 N–H and O–H groups in total. The average molecular weight is 107 g/mol. The Morgan fingerprint density at radius 2 is 1.75 bits per heavy atom. The third-order valence-corrected chi connectivity index (χ3v) is 2.40. The van der Waals surface area contributed by atoms with Crippen LogP contribution in [-0.2, 0) is 0 Å². The van der Waals surface area contributed by atoms with Gasteiger partial charge in [0.25, 0.3) is 0 Å². The Morgan fingerprint density at radius 3 is 2.12 bits per heavy atom. The van der Waals surface area contributed by atoms with E-state index in [0.29, 0.717) is 6.04 Å². The minimum Gasteiger partial charge on any atom is -0.314 e. The normalized spacial score (nSPS) is 50.1. The number of fused-ring (bicyclic) bond motifs is 1. The summed E-state index contributed by atoms with van der Waals surface area (Å²) in [6.07, 6.45) is 3.87. The molecule has 0 bridgehead atoms. The van der Waals surface area contributed by atoms with Crippen LogP contribution in [0.4, 0.5) is 0 Å². The Hall–Kier alpha value is -0.510. The molecule has 0 aromatic carbocycles. The summed E-state index contributed by atoms with van der Waals surface area (Å²) < 4.78 is 0. The van der Waals surface area contributed by atoms with Crippen LogP contribution in [0, 0.1) is 18.4 Å². The summed E-state index contributed by atoms with van der Waals surface area (Å²) in [4.78, 5) is 3.52. The van der Waals surface area contributed by atoms with Gasteiger partial charge in [-0.3, -0.25) is 0 Å². The molecule has 2 fully saturated rings. The van der Waals surface area contributed by atoms with Gasteiger partial charge in [-0.05, 0) is 18.3 Å². The van der Waals surface area contributed by atoms with E-state index in [1.807, 2.05) is 0 Å². The second-order valence-corrected chi connectivity index (χ2v) is 3.01. The van der Waals surface area contributed by atoms with Gasteiger partial charge in [0.2, 0.25) is 6.04 Å². The molecule has 2 aliphatic rings. The predicted octanol–water partition coefficient (Wildman–Crippen LogP) is 1.70. The molecular weight excluding hydrogens is 98.1 g/mol. The van der Waals surface area contributed by atoms with E-state index in [1.54, 1.807) is 0 Å². The van der Waals surface area contributed by atoms with Crippen molar-refractivity contribution in [3.63, 3.8) is 0 Å². The third-order valence-electron chi connectivity index (χ3n) is 2.40. The van der Waals surface area contributed by atoms with Crippen molar-refractivity contribution < 1.29 is 0 Å². The van der Waals surface area contributed by atoms with Crippen LogP contribution in [0.2, 0.25) is 0 Å². The summed E-state index contributed by atoms with van der Waals surface area (Å²) in [6, 6.07) is 0.416. The van der Waals surface area contributed by atoms with E-state index in [-0.39, 0.29) is 0 Å². The number of nitrogens with zero attached hydrogens (tertiary/aromatic N) is 1. The molecule has 0 radical (unpaired) electrons. The summed E-state index contributed by atoms with van der Waals surface area (Å²) in [5.74, 6) is 1.96. The summed E-state index contributed by atoms with van der Waals surface area (Å²) in [6.45, 7) is 6.74. The van der Waals surface area contributed by atoms with E-state index in [0.717, 1.165) is 11.8 Å². The molecule has 0 aromatic rings. The van der Waals surface area contributed by atoms with Crippen molar-refractivity contribution in [2.45, 2.75) is 25.3 Å². The fraction of sp³-hybridized carbons (Fsp3) is 0.857. The molecule has 42 valence electrons. The lowest BCUT2D eigenvalue weighted by Gasteiger charge is -1.92. The van der Waals surface area contributed by atoms with Gasteiger partial charge in [-0.25, -0.2) is 6.57 Å². The van der Waals surface area contributed by atoms with Crippen LogP contribution < -0.4 is 0 Å². The van der Waals surface area contributed by atoms with E-state index < -0.39 is 0 Å². The Labute approximate surface area is 49.5 Å². The highest BCUT2D eigenvalue weighted by atomic mass is 14.8. The van der Waals surface area contributed by atoms with E-state index >= 15 is 0 Å². The van der Waals surface area contributed by atoms with Gasteiger partial charge in [0.1, 0.15) is 0 Å². The fourth-order valence-electron chi connectivity index (χ4n) is 1.79. The third kappa shape index (κ3) is 0.461. The lowest BCUT2D eigenvalue weighted by Crippen LogP contribution is -1.95. The zero-order valence-electron chi connectivity index (χ0n) is 4.80. The van der Waals surface area contributed by atoms with Crippen molar-refractivity contribution >= 4 is 0 Å². The molecule has 0 amide bonds. The fourth-order valence-corrected chi connectivity index (χ4v) is 1.79. The summed E-state index contributed by atoms with van der Waals surface area (Å²) >= 11 is 0. The largest absolute Gasteiger partial charge is 0.314 e. The van der Waals surface area contributed by atoms with Gasteiger partial charge in [0.05, 0.1) is 0 Å². The molecule has 2 aliphatic carbocycles. The van der Waals surface area contributed by atoms with Gasteiger partial charge in [-0.15, -0.1) is 0 Å². The highest BCUT2D eigenvalue weighted by Gasteiger charge is 2.48. The van der Waals surface area contributed by atoms with E-state index in [4.69, 9.17) is 6.57 Å². The molecule has 2 saturated carbocycles. The number of hydrogen-bond acceptors (Lipinski definition) is 0. The predicted molar refractivity (Wildman–Crippen MR) is 31.2 cm³/mol. The molecule has 1 nitrogen and oxygen atoms in total. The van der Waals surface area contributed by atoms with Crippen LogP contribution in [0.15, 0.2) is 0 Å². The first kappa shape index (κ1) is 4.38. The Balaban J connectivity index is 2.01. The topological polar surface area (TPSA) is 4.36 Å². The zero-order chi connectivity index (χ0) is 5.56. The number of rotatable bonds is 0. The van der Waals surface area contributed by atoms with Gasteiger partial charge < -0.3 is 4.85 Å². The Morgan fingerprint density at radius 1 is 1.12 bits per heavy atom. The monoisotopic (exact) mass is 107 g/mol. The molecule has 2 unspecified atom stereocenters.